The van der Waals surface area contributed by atoms with Crippen molar-refractivity contribution in [1.82, 2.24) is 0 Å². The van der Waals surface area contributed by atoms with Gasteiger partial charge in [-0.05, 0) is 0 Å². The van der Waals surface area contributed by atoms with Gasteiger partial charge in [0.15, 0.2) is 0 Å². The summed E-state index contributed by atoms with van der Waals surface area (Å²) < 4.78 is 0. The van der Waals surface area contributed by atoms with Crippen molar-refractivity contribution in [1.29, 1.82) is 0 Å². The quantitative estimate of drug-likeness (QED) is 0.289. The van der Waals surface area contributed by atoms with Gasteiger partial charge in [-0.25, -0.2) is 0 Å². The molecule has 0 atom stereocenters. The number of hydrogen-bond donors (Lipinski definition) is 1. The van der Waals surface area contributed by atoms with Crippen LogP contribution in [0, 0.1) is 6.92 Å². The molecule has 0 saturated heterocycles. The molecular weight excluding hydrogens is 103 g/mol. The summed E-state index contributed by atoms with van der Waals surface area (Å²) in [6.45, 7) is 6.08. The molecule has 0 rings (SSSR count). The third kappa shape index (κ3) is 585. The molecule has 0 aromatic carbocycles. The van der Waals surface area contributed by atoms with E-state index in [1.165, 1.54) is 0 Å². The predicted octanol–water partition coefficient (Wildman–Crippen LogP) is -2.06. The number of carboxylic acid groups (broad SMARTS) is 1. The molecule has 0 aliphatic carbocycles. The Bertz CT molecular complexity index is 32.7. The number of aliphatic carboxylic acids is 1. The van der Waals surface area contributed by atoms with E-state index in [2.05, 4.69) is 6.92 Å². The van der Waals surface area contributed by atoms with Crippen LogP contribution < -0.4 is 29.6 Å². The van der Waals surface area contributed by atoms with E-state index in [0.29, 0.717) is 0 Å². The van der Waals surface area contributed by atoms with Crippen molar-refractivity contribution in [2.24, 2.45) is 0 Å². The molecule has 0 heterocycles. The van der Waals surface area contributed by atoms with Crippen LogP contribution in [0.4, 0.5) is 0 Å². The molecule has 0 aromatic heterocycles. The maximum absolute atomic E-state index is 9.00. The average Bonchev–Trinajstić information content (AvgIpc) is 1.41. The third-order valence-corrected chi connectivity index (χ3v) is 0. The van der Waals surface area contributed by atoms with E-state index >= 15 is 0 Å². The summed E-state index contributed by atoms with van der Waals surface area (Å²) in [5.74, 6) is -0.833. The van der Waals surface area contributed by atoms with Gasteiger partial charge >= 0.3 is 29.6 Å². The minimum Gasteiger partial charge on any atom is -0.481 e. The minimum atomic E-state index is -0.833. The maximum atomic E-state index is 9.00. The summed E-state index contributed by atoms with van der Waals surface area (Å²) in [5, 5.41) is 7.42. The molecule has 0 aromatic rings. The molecular formula is C4H9NaO2. The van der Waals surface area contributed by atoms with Gasteiger partial charge in [0.25, 0.3) is 5.97 Å². The Morgan fingerprint density at radius 3 is 1.57 bits per heavy atom. The molecule has 0 radical (unpaired) electrons. The van der Waals surface area contributed by atoms with Gasteiger partial charge in [0.2, 0.25) is 0 Å². The Kier molecular flexibility index (Phi) is 35.9. The molecule has 38 valence electrons. The van der Waals surface area contributed by atoms with Crippen LogP contribution in [0.1, 0.15) is 13.8 Å². The Hall–Kier alpha value is 0.470. The fourth-order valence-corrected chi connectivity index (χ4v) is 0. The second kappa shape index (κ2) is 16.1. The first-order valence-corrected chi connectivity index (χ1v) is 1.63. The van der Waals surface area contributed by atoms with Crippen LogP contribution in [0.5, 0.6) is 0 Å². The van der Waals surface area contributed by atoms with Gasteiger partial charge in [-0.3, -0.25) is 4.79 Å². The summed E-state index contributed by atoms with van der Waals surface area (Å²) in [6, 6.07) is 0. The molecule has 7 heavy (non-hydrogen) atoms. The van der Waals surface area contributed by atoms with Gasteiger partial charge < -0.3 is 12.0 Å². The molecule has 0 amide bonds. The SMILES string of the molecule is CC(=O)O.[CH2-]C.[Na+]. The van der Waals surface area contributed by atoms with Gasteiger partial charge in [0.1, 0.15) is 0 Å². The van der Waals surface area contributed by atoms with Crippen molar-refractivity contribution in [2.75, 3.05) is 0 Å². The number of carbonyl (C=O) groups is 1. The van der Waals surface area contributed by atoms with Crippen molar-refractivity contribution >= 4 is 5.97 Å². The van der Waals surface area contributed by atoms with E-state index in [4.69, 9.17) is 9.90 Å². The van der Waals surface area contributed by atoms with Gasteiger partial charge in [0, 0.05) is 6.92 Å². The Balaban J connectivity index is -0.0000000480. The van der Waals surface area contributed by atoms with E-state index in [-0.39, 0.29) is 29.6 Å². The van der Waals surface area contributed by atoms with Crippen molar-refractivity contribution < 1.29 is 39.5 Å². The van der Waals surface area contributed by atoms with Crippen LogP contribution in [-0.2, 0) is 4.79 Å². The topological polar surface area (TPSA) is 37.3 Å². The summed E-state index contributed by atoms with van der Waals surface area (Å²) in [4.78, 5) is 9.00. The maximum Gasteiger partial charge on any atom is 1.00 e. The Morgan fingerprint density at radius 1 is 1.57 bits per heavy atom. The molecule has 2 nitrogen and oxygen atoms in total. The van der Waals surface area contributed by atoms with E-state index in [0.717, 1.165) is 6.92 Å². The molecule has 0 spiro atoms. The van der Waals surface area contributed by atoms with E-state index < -0.39 is 5.97 Å². The fraction of sp³-hybridized carbons (Fsp3) is 0.500. The average molecular weight is 112 g/mol. The van der Waals surface area contributed by atoms with Crippen LogP contribution in [0.2, 0.25) is 0 Å². The Labute approximate surface area is 66.2 Å². The largest absolute Gasteiger partial charge is 1.00 e. The third-order valence-electron chi connectivity index (χ3n) is 0. The van der Waals surface area contributed by atoms with Crippen molar-refractivity contribution in [2.45, 2.75) is 13.8 Å². The van der Waals surface area contributed by atoms with Crippen molar-refractivity contribution in [3.8, 4) is 0 Å². The molecule has 0 unspecified atom stereocenters. The Morgan fingerprint density at radius 2 is 1.57 bits per heavy atom. The van der Waals surface area contributed by atoms with E-state index in [1.54, 1.807) is 6.92 Å². The number of rotatable bonds is 0. The molecule has 0 aliphatic heterocycles. The van der Waals surface area contributed by atoms with E-state index in [1.807, 2.05) is 0 Å². The summed E-state index contributed by atoms with van der Waals surface area (Å²) in [6.07, 6.45) is 0. The number of carboxylic acids is 1. The molecule has 0 bridgehead atoms. The van der Waals surface area contributed by atoms with Gasteiger partial charge in [0.05, 0.1) is 0 Å². The van der Waals surface area contributed by atoms with Crippen LogP contribution >= 0.6 is 0 Å². The first-order valence-electron chi connectivity index (χ1n) is 1.63. The van der Waals surface area contributed by atoms with Gasteiger partial charge in [-0.2, -0.15) is 6.92 Å². The van der Waals surface area contributed by atoms with Crippen LogP contribution in [0.3, 0.4) is 0 Å². The first kappa shape index (κ1) is 15.6. The minimum absolute atomic E-state index is 0. The summed E-state index contributed by atoms with van der Waals surface area (Å²) in [7, 11) is 0. The molecule has 3 heteroatoms. The van der Waals surface area contributed by atoms with Crippen LogP contribution in [0.15, 0.2) is 0 Å². The molecule has 0 fully saturated rings. The molecule has 0 saturated carbocycles. The zero-order chi connectivity index (χ0) is 5.58. The standard InChI is InChI=1S/C2H4O2.C2H5.Na/c1-2(3)4;1-2;/h1H3,(H,3,4);1H2,2H3;/q;-1;+1. The summed E-state index contributed by atoms with van der Waals surface area (Å²) in [5.41, 5.74) is 0. The second-order valence-electron chi connectivity index (χ2n) is 0.519. The fourth-order valence-electron chi connectivity index (χ4n) is 0. The summed E-state index contributed by atoms with van der Waals surface area (Å²) >= 11 is 0. The zero-order valence-corrected chi connectivity index (χ0v) is 7.06. The first-order chi connectivity index (χ1) is 2.73. The second-order valence-corrected chi connectivity index (χ2v) is 0.519. The van der Waals surface area contributed by atoms with Gasteiger partial charge in [-0.15, -0.1) is 0 Å². The van der Waals surface area contributed by atoms with Crippen LogP contribution in [0.25, 0.3) is 0 Å². The van der Waals surface area contributed by atoms with Crippen molar-refractivity contribution in [3.63, 3.8) is 0 Å². The molecule has 1 N–H and O–H groups in total. The van der Waals surface area contributed by atoms with E-state index in [9.17, 15) is 0 Å². The molecule has 0 aliphatic rings. The van der Waals surface area contributed by atoms with Gasteiger partial charge in [-0.1, -0.05) is 0 Å². The zero-order valence-electron chi connectivity index (χ0n) is 5.06. The van der Waals surface area contributed by atoms with Crippen molar-refractivity contribution in [3.05, 3.63) is 6.92 Å². The smallest absolute Gasteiger partial charge is 0.481 e. The monoisotopic (exact) mass is 112 g/mol. The normalized spacial score (nSPS) is 4.43. The van der Waals surface area contributed by atoms with Crippen LogP contribution in [-0.4, -0.2) is 11.1 Å². The number of hydrogen-bond acceptors (Lipinski definition) is 1. The predicted molar refractivity (Wildman–Crippen MR) is 24.3 cm³/mol.